The Balaban J connectivity index is 2.07. The molecule has 1 aliphatic rings. The Kier molecular flexibility index (Phi) is 4.93. The molecule has 1 aromatic carbocycles. The third-order valence-electron chi connectivity index (χ3n) is 3.80. The molecule has 2 N–H and O–H groups in total. The summed E-state index contributed by atoms with van der Waals surface area (Å²) in [6.45, 7) is 4.60. The van der Waals surface area contributed by atoms with E-state index in [1.165, 1.54) is 6.08 Å². The van der Waals surface area contributed by atoms with Gasteiger partial charge in [0.05, 0.1) is 6.10 Å². The lowest BCUT2D eigenvalue weighted by Gasteiger charge is -2.34. The van der Waals surface area contributed by atoms with Crippen LogP contribution in [-0.2, 0) is 11.3 Å². The van der Waals surface area contributed by atoms with Gasteiger partial charge >= 0.3 is 5.97 Å². The minimum absolute atomic E-state index is 0.201. The first kappa shape index (κ1) is 14.8. The largest absolute Gasteiger partial charge is 0.478 e. The molecular weight excluding hydrogens is 254 g/mol. The highest BCUT2D eigenvalue weighted by atomic mass is 16.4. The summed E-state index contributed by atoms with van der Waals surface area (Å²) in [6.07, 6.45) is 3.41. The van der Waals surface area contributed by atoms with Crippen LogP contribution in [0.2, 0.25) is 0 Å². The van der Waals surface area contributed by atoms with Gasteiger partial charge in [-0.15, -0.1) is 0 Å². The molecule has 0 aromatic heterocycles. The number of aliphatic hydroxyl groups excluding tert-OH is 1. The first-order valence-corrected chi connectivity index (χ1v) is 6.95. The number of benzene rings is 1. The summed E-state index contributed by atoms with van der Waals surface area (Å²) in [4.78, 5) is 12.9. The molecule has 2 atom stereocenters. The molecule has 0 spiro atoms. The van der Waals surface area contributed by atoms with Crippen molar-refractivity contribution < 1.29 is 15.0 Å². The number of carbonyl (C=O) groups is 1. The summed E-state index contributed by atoms with van der Waals surface area (Å²) in [6, 6.07) is 7.83. The van der Waals surface area contributed by atoms with Crippen LogP contribution >= 0.6 is 0 Å². The molecule has 4 nitrogen and oxygen atoms in total. The van der Waals surface area contributed by atoms with Crippen molar-refractivity contribution in [1.82, 2.24) is 4.90 Å². The fourth-order valence-corrected chi connectivity index (χ4v) is 2.61. The summed E-state index contributed by atoms with van der Waals surface area (Å²) in [5.41, 5.74) is 2.06. The Morgan fingerprint density at radius 2 is 2.20 bits per heavy atom. The lowest BCUT2D eigenvalue weighted by atomic mass is 9.96. The number of piperidine rings is 1. The zero-order valence-corrected chi connectivity index (χ0v) is 11.7. The summed E-state index contributed by atoms with van der Waals surface area (Å²) in [5.74, 6) is -0.653. The van der Waals surface area contributed by atoms with Crippen LogP contribution in [0.5, 0.6) is 0 Å². The first-order chi connectivity index (χ1) is 9.56. The molecule has 1 aromatic rings. The van der Waals surface area contributed by atoms with Crippen LogP contribution < -0.4 is 0 Å². The van der Waals surface area contributed by atoms with Gasteiger partial charge in [0, 0.05) is 25.7 Å². The number of likely N-dealkylation sites (tertiary alicyclic amines) is 1. The van der Waals surface area contributed by atoms with Crippen molar-refractivity contribution in [1.29, 1.82) is 0 Å². The van der Waals surface area contributed by atoms with E-state index in [1.807, 2.05) is 24.3 Å². The van der Waals surface area contributed by atoms with Gasteiger partial charge in [-0.3, -0.25) is 4.90 Å². The van der Waals surface area contributed by atoms with E-state index in [-0.39, 0.29) is 12.0 Å². The van der Waals surface area contributed by atoms with E-state index in [0.29, 0.717) is 0 Å². The molecule has 1 aliphatic heterocycles. The third-order valence-corrected chi connectivity index (χ3v) is 3.80. The molecule has 20 heavy (non-hydrogen) atoms. The number of carboxylic acids is 1. The van der Waals surface area contributed by atoms with E-state index in [9.17, 15) is 9.90 Å². The maximum absolute atomic E-state index is 10.6. The van der Waals surface area contributed by atoms with E-state index in [0.717, 1.165) is 37.2 Å². The van der Waals surface area contributed by atoms with Crippen molar-refractivity contribution in [2.75, 3.05) is 13.1 Å². The molecule has 2 rings (SSSR count). The highest BCUT2D eigenvalue weighted by Crippen LogP contribution is 2.20. The van der Waals surface area contributed by atoms with Crippen molar-refractivity contribution in [2.45, 2.75) is 26.0 Å². The van der Waals surface area contributed by atoms with Crippen LogP contribution in [0.25, 0.3) is 6.08 Å². The van der Waals surface area contributed by atoms with E-state index in [2.05, 4.69) is 11.8 Å². The lowest BCUT2D eigenvalue weighted by molar-refractivity contribution is -0.131. The molecule has 0 amide bonds. The Morgan fingerprint density at radius 1 is 1.45 bits per heavy atom. The zero-order valence-electron chi connectivity index (χ0n) is 11.7. The minimum atomic E-state index is -0.936. The fraction of sp³-hybridized carbons (Fsp3) is 0.438. The fourth-order valence-electron chi connectivity index (χ4n) is 2.61. The standard InChI is InChI=1S/C16H21NO3/c1-12-10-17(9-8-15(12)18)11-14-5-3-2-4-13(14)6-7-16(19)20/h2-7,12,15,18H,8-11H2,1H3,(H,19,20)/b7-6+. The van der Waals surface area contributed by atoms with Crippen LogP contribution in [0.3, 0.4) is 0 Å². The van der Waals surface area contributed by atoms with Crippen LogP contribution in [0, 0.1) is 5.92 Å². The quantitative estimate of drug-likeness (QED) is 0.825. The van der Waals surface area contributed by atoms with Crippen molar-refractivity contribution in [3.8, 4) is 0 Å². The van der Waals surface area contributed by atoms with Crippen molar-refractivity contribution >= 4 is 12.0 Å². The molecule has 2 unspecified atom stereocenters. The zero-order chi connectivity index (χ0) is 14.5. The number of carboxylic acid groups (broad SMARTS) is 1. The third kappa shape index (κ3) is 3.92. The molecular formula is C16H21NO3. The van der Waals surface area contributed by atoms with Crippen LogP contribution in [-0.4, -0.2) is 40.3 Å². The number of aliphatic hydroxyl groups is 1. The normalized spacial score (nSPS) is 24.1. The van der Waals surface area contributed by atoms with Gasteiger partial charge in [0.25, 0.3) is 0 Å². The van der Waals surface area contributed by atoms with E-state index in [1.54, 1.807) is 6.08 Å². The average Bonchev–Trinajstić information content (AvgIpc) is 2.42. The lowest BCUT2D eigenvalue weighted by Crippen LogP contribution is -2.41. The number of hydrogen-bond donors (Lipinski definition) is 2. The smallest absolute Gasteiger partial charge is 0.328 e. The van der Waals surface area contributed by atoms with Crippen molar-refractivity contribution in [2.24, 2.45) is 5.92 Å². The van der Waals surface area contributed by atoms with Gasteiger partial charge in [-0.1, -0.05) is 31.2 Å². The topological polar surface area (TPSA) is 60.8 Å². The van der Waals surface area contributed by atoms with Gasteiger partial charge in [-0.05, 0) is 29.5 Å². The molecule has 4 heteroatoms. The van der Waals surface area contributed by atoms with Crippen molar-refractivity contribution in [3.05, 3.63) is 41.5 Å². The van der Waals surface area contributed by atoms with Gasteiger partial charge in [0.15, 0.2) is 0 Å². The van der Waals surface area contributed by atoms with Gasteiger partial charge < -0.3 is 10.2 Å². The monoisotopic (exact) mass is 275 g/mol. The second-order valence-electron chi connectivity index (χ2n) is 5.44. The van der Waals surface area contributed by atoms with E-state index in [4.69, 9.17) is 5.11 Å². The van der Waals surface area contributed by atoms with Gasteiger partial charge in [-0.25, -0.2) is 4.79 Å². The minimum Gasteiger partial charge on any atom is -0.478 e. The molecule has 0 aliphatic carbocycles. The molecule has 0 saturated carbocycles. The number of nitrogens with zero attached hydrogens (tertiary/aromatic N) is 1. The average molecular weight is 275 g/mol. The molecule has 1 fully saturated rings. The molecule has 0 radical (unpaired) electrons. The predicted molar refractivity (Wildman–Crippen MR) is 78.2 cm³/mol. The van der Waals surface area contributed by atoms with Crippen molar-refractivity contribution in [3.63, 3.8) is 0 Å². The Labute approximate surface area is 119 Å². The van der Waals surface area contributed by atoms with E-state index < -0.39 is 5.97 Å². The van der Waals surface area contributed by atoms with Crippen LogP contribution in [0.4, 0.5) is 0 Å². The second kappa shape index (κ2) is 6.68. The highest BCUT2D eigenvalue weighted by molar-refractivity contribution is 5.85. The molecule has 1 saturated heterocycles. The maximum atomic E-state index is 10.6. The summed E-state index contributed by atoms with van der Waals surface area (Å²) < 4.78 is 0. The highest BCUT2D eigenvalue weighted by Gasteiger charge is 2.24. The number of aliphatic carboxylic acids is 1. The number of rotatable bonds is 4. The molecule has 1 heterocycles. The van der Waals surface area contributed by atoms with Crippen LogP contribution in [0.1, 0.15) is 24.5 Å². The SMILES string of the molecule is CC1CN(Cc2ccccc2/C=C/C(=O)O)CCC1O. The predicted octanol–water partition coefficient (Wildman–Crippen LogP) is 1.99. The van der Waals surface area contributed by atoms with Gasteiger partial charge in [0.1, 0.15) is 0 Å². The molecule has 108 valence electrons. The van der Waals surface area contributed by atoms with E-state index >= 15 is 0 Å². The second-order valence-corrected chi connectivity index (χ2v) is 5.44. The maximum Gasteiger partial charge on any atom is 0.328 e. The Morgan fingerprint density at radius 3 is 2.90 bits per heavy atom. The van der Waals surface area contributed by atoms with Gasteiger partial charge in [0.2, 0.25) is 0 Å². The Hall–Kier alpha value is -1.65. The molecule has 0 bridgehead atoms. The first-order valence-electron chi connectivity index (χ1n) is 6.95. The summed E-state index contributed by atoms with van der Waals surface area (Å²) >= 11 is 0. The van der Waals surface area contributed by atoms with Crippen LogP contribution in [0.15, 0.2) is 30.3 Å². The Bertz CT molecular complexity index is 498. The number of hydrogen-bond acceptors (Lipinski definition) is 3. The summed E-state index contributed by atoms with van der Waals surface area (Å²) in [7, 11) is 0. The van der Waals surface area contributed by atoms with Gasteiger partial charge in [-0.2, -0.15) is 0 Å². The summed E-state index contributed by atoms with van der Waals surface area (Å²) in [5, 5.41) is 18.5.